The summed E-state index contributed by atoms with van der Waals surface area (Å²) >= 11 is 0. The summed E-state index contributed by atoms with van der Waals surface area (Å²) in [6.07, 6.45) is 3.02. The Hall–Kier alpha value is -4.18. The second kappa shape index (κ2) is 9.82. The van der Waals surface area contributed by atoms with E-state index in [1.807, 2.05) is 12.1 Å². The molecule has 36 heavy (non-hydrogen) atoms. The Bertz CT molecular complexity index is 1480. The highest BCUT2D eigenvalue weighted by Crippen LogP contribution is 2.32. The number of benzene rings is 2. The molecule has 186 valence electrons. The molecule has 1 amide bonds. The summed E-state index contributed by atoms with van der Waals surface area (Å²) in [5.41, 5.74) is 0.806. The summed E-state index contributed by atoms with van der Waals surface area (Å²) in [5, 5.41) is 15.6. The zero-order valence-electron chi connectivity index (χ0n) is 19.5. The second-order valence-corrected chi connectivity index (χ2v) is 8.28. The van der Waals surface area contributed by atoms with Gasteiger partial charge in [-0.1, -0.05) is 24.3 Å². The lowest BCUT2D eigenvalue weighted by Crippen LogP contribution is -2.30. The number of aromatic nitrogens is 3. The third-order valence-electron chi connectivity index (χ3n) is 5.85. The average Bonchev–Trinajstić information content (AvgIpc) is 3.30. The maximum atomic E-state index is 14.8. The molecule has 0 saturated heterocycles. The summed E-state index contributed by atoms with van der Waals surface area (Å²) in [5.74, 6) is -5.59. The molecule has 0 aliphatic rings. The lowest BCUT2D eigenvalue weighted by molar-refractivity contribution is -0.0584. The highest BCUT2D eigenvalue weighted by molar-refractivity contribution is 5.94. The van der Waals surface area contributed by atoms with Crippen molar-refractivity contribution in [3.05, 3.63) is 106 Å². The van der Waals surface area contributed by atoms with E-state index in [4.69, 9.17) is 5.11 Å². The summed E-state index contributed by atoms with van der Waals surface area (Å²) in [6.45, 7) is -0.0952. The van der Waals surface area contributed by atoms with Crippen LogP contribution in [0.1, 0.15) is 34.5 Å². The molecule has 2 heterocycles. The van der Waals surface area contributed by atoms with Gasteiger partial charge in [0.05, 0.1) is 22.9 Å². The number of aliphatic hydroxyl groups excluding tert-OH is 1. The molecule has 7 nitrogen and oxygen atoms in total. The minimum Gasteiger partial charge on any atom is -0.390 e. The van der Waals surface area contributed by atoms with Crippen LogP contribution in [0.25, 0.3) is 16.9 Å². The predicted molar refractivity (Wildman–Crippen MR) is 128 cm³/mol. The van der Waals surface area contributed by atoms with Crippen LogP contribution in [0, 0.1) is 5.82 Å². The molecule has 2 aromatic heterocycles. The number of alkyl halides is 2. The number of rotatable bonds is 7. The largest absolute Gasteiger partial charge is 0.390 e. The molecule has 0 spiro atoms. The SMILES string of the molecule is C[C@@H](NC(=O)c1ccc(=O)n(-c2cccc(-c3ccnn3C)c2)c1)c1cccc(C(F)(F)CO)c1F. The van der Waals surface area contributed by atoms with Crippen molar-refractivity contribution in [2.24, 2.45) is 7.05 Å². The van der Waals surface area contributed by atoms with E-state index in [1.54, 1.807) is 36.1 Å². The number of nitrogens with zero attached hydrogens (tertiary/aromatic N) is 3. The Kier molecular flexibility index (Phi) is 6.80. The van der Waals surface area contributed by atoms with Crippen molar-refractivity contribution in [2.45, 2.75) is 18.9 Å². The van der Waals surface area contributed by atoms with Crippen LogP contribution in [0.15, 0.2) is 77.9 Å². The second-order valence-electron chi connectivity index (χ2n) is 8.28. The number of aliphatic hydroxyl groups is 1. The van der Waals surface area contributed by atoms with E-state index in [2.05, 4.69) is 10.4 Å². The van der Waals surface area contributed by atoms with Crippen molar-refractivity contribution >= 4 is 5.91 Å². The van der Waals surface area contributed by atoms with Gasteiger partial charge in [0.2, 0.25) is 0 Å². The van der Waals surface area contributed by atoms with Gasteiger partial charge in [-0.15, -0.1) is 0 Å². The Labute approximate surface area is 204 Å². The van der Waals surface area contributed by atoms with Gasteiger partial charge in [-0.3, -0.25) is 18.8 Å². The number of amides is 1. The molecule has 0 unspecified atom stereocenters. The van der Waals surface area contributed by atoms with Crippen molar-refractivity contribution in [1.29, 1.82) is 0 Å². The van der Waals surface area contributed by atoms with Gasteiger partial charge in [-0.2, -0.15) is 13.9 Å². The quantitative estimate of drug-likeness (QED) is 0.406. The van der Waals surface area contributed by atoms with E-state index in [1.165, 1.54) is 42.0 Å². The molecule has 0 radical (unpaired) electrons. The van der Waals surface area contributed by atoms with Crippen molar-refractivity contribution in [3.8, 4) is 16.9 Å². The molecule has 1 atom stereocenters. The molecule has 0 fully saturated rings. The molecular formula is C26H23F3N4O3. The zero-order valence-corrected chi connectivity index (χ0v) is 19.5. The topological polar surface area (TPSA) is 89.2 Å². The van der Waals surface area contributed by atoms with Crippen molar-refractivity contribution in [1.82, 2.24) is 19.7 Å². The number of pyridine rings is 1. The third-order valence-corrected chi connectivity index (χ3v) is 5.85. The molecule has 0 aliphatic heterocycles. The van der Waals surface area contributed by atoms with Gasteiger partial charge < -0.3 is 10.4 Å². The van der Waals surface area contributed by atoms with E-state index in [0.29, 0.717) is 5.69 Å². The maximum absolute atomic E-state index is 14.8. The molecule has 4 rings (SSSR count). The first kappa shape index (κ1) is 24.9. The van der Waals surface area contributed by atoms with E-state index in [9.17, 15) is 22.8 Å². The average molecular weight is 496 g/mol. The molecule has 2 N–H and O–H groups in total. The van der Waals surface area contributed by atoms with Crippen LogP contribution in [-0.4, -0.2) is 32.0 Å². The smallest absolute Gasteiger partial charge is 0.298 e. The highest BCUT2D eigenvalue weighted by atomic mass is 19.3. The van der Waals surface area contributed by atoms with Gasteiger partial charge in [0.1, 0.15) is 12.4 Å². The molecule has 0 bridgehead atoms. The highest BCUT2D eigenvalue weighted by Gasteiger charge is 2.35. The normalized spacial score (nSPS) is 12.4. The molecule has 2 aromatic carbocycles. The van der Waals surface area contributed by atoms with Crippen LogP contribution in [0.4, 0.5) is 13.2 Å². The minimum atomic E-state index is -3.76. The first-order valence-electron chi connectivity index (χ1n) is 11.0. The van der Waals surface area contributed by atoms with E-state index < -0.39 is 35.9 Å². The monoisotopic (exact) mass is 496 g/mol. The number of nitrogens with one attached hydrogen (secondary N) is 1. The fourth-order valence-electron chi connectivity index (χ4n) is 3.90. The predicted octanol–water partition coefficient (Wildman–Crippen LogP) is 3.95. The Morgan fingerprint density at radius 1 is 1.14 bits per heavy atom. The van der Waals surface area contributed by atoms with Gasteiger partial charge in [0.15, 0.2) is 0 Å². The minimum absolute atomic E-state index is 0.115. The van der Waals surface area contributed by atoms with Crippen molar-refractivity contribution in [2.75, 3.05) is 6.61 Å². The van der Waals surface area contributed by atoms with E-state index >= 15 is 0 Å². The van der Waals surface area contributed by atoms with Gasteiger partial charge in [-0.05, 0) is 37.3 Å². The lowest BCUT2D eigenvalue weighted by Gasteiger charge is -2.20. The number of aryl methyl sites for hydroxylation is 1. The summed E-state index contributed by atoms with van der Waals surface area (Å²) in [7, 11) is 1.80. The fourth-order valence-corrected chi connectivity index (χ4v) is 3.90. The van der Waals surface area contributed by atoms with Gasteiger partial charge in [-0.25, -0.2) is 4.39 Å². The van der Waals surface area contributed by atoms with Crippen LogP contribution in [0.5, 0.6) is 0 Å². The summed E-state index contributed by atoms with van der Waals surface area (Å²) < 4.78 is 45.6. The molecule has 10 heteroatoms. The molecule has 0 saturated carbocycles. The molecule has 4 aromatic rings. The molecular weight excluding hydrogens is 473 g/mol. The summed E-state index contributed by atoms with van der Waals surface area (Å²) in [6, 6.07) is 14.0. The number of carbonyl (C=O) groups excluding carboxylic acids is 1. The van der Waals surface area contributed by atoms with Crippen LogP contribution >= 0.6 is 0 Å². The first-order chi connectivity index (χ1) is 17.1. The zero-order chi connectivity index (χ0) is 26.0. The van der Waals surface area contributed by atoms with E-state index in [0.717, 1.165) is 17.3 Å². The molecule has 0 aliphatic carbocycles. The standard InChI is InChI=1S/C26H23F3N4O3/c1-16(20-7-4-8-21(24(20)27)26(28,29)15-34)31-25(36)18-9-10-23(35)33(14-18)19-6-3-5-17(13-19)22-11-12-30-32(22)2/h3-14,16,34H,15H2,1-2H3,(H,31,36)/t16-/m1/s1. The van der Waals surface area contributed by atoms with Crippen LogP contribution in [0.2, 0.25) is 0 Å². The van der Waals surface area contributed by atoms with Crippen LogP contribution in [-0.2, 0) is 13.0 Å². The van der Waals surface area contributed by atoms with Crippen molar-refractivity contribution in [3.63, 3.8) is 0 Å². The van der Waals surface area contributed by atoms with Gasteiger partial charge in [0.25, 0.3) is 17.4 Å². The van der Waals surface area contributed by atoms with E-state index in [-0.39, 0.29) is 16.7 Å². The Morgan fingerprint density at radius 3 is 2.58 bits per heavy atom. The van der Waals surface area contributed by atoms with Gasteiger partial charge >= 0.3 is 0 Å². The Morgan fingerprint density at radius 2 is 1.89 bits per heavy atom. The number of hydrogen-bond donors (Lipinski definition) is 2. The maximum Gasteiger partial charge on any atom is 0.298 e. The Balaban J connectivity index is 1.62. The van der Waals surface area contributed by atoms with Crippen LogP contribution < -0.4 is 10.9 Å². The number of carbonyl (C=O) groups is 1. The third kappa shape index (κ3) is 4.80. The fraction of sp³-hybridized carbons (Fsp3) is 0.192. The summed E-state index contributed by atoms with van der Waals surface area (Å²) in [4.78, 5) is 25.5. The van der Waals surface area contributed by atoms with Crippen molar-refractivity contribution < 1.29 is 23.1 Å². The number of hydrogen-bond acceptors (Lipinski definition) is 4. The van der Waals surface area contributed by atoms with Gasteiger partial charge in [0, 0.05) is 42.3 Å². The van der Waals surface area contributed by atoms with Crippen LogP contribution in [0.3, 0.4) is 0 Å². The first-order valence-corrected chi connectivity index (χ1v) is 11.0. The lowest BCUT2D eigenvalue weighted by atomic mass is 10.00. The number of halogens is 3.